The minimum Gasteiger partial charge on any atom is -0.393 e. The van der Waals surface area contributed by atoms with Crippen LogP contribution in [0.2, 0.25) is 0 Å². The summed E-state index contributed by atoms with van der Waals surface area (Å²) in [6, 6.07) is 0. The molecule has 1 aliphatic carbocycles. The number of hydrogen-bond acceptors (Lipinski definition) is 5. The van der Waals surface area contributed by atoms with E-state index in [9.17, 15) is 5.11 Å². The van der Waals surface area contributed by atoms with Crippen molar-refractivity contribution < 1.29 is 5.11 Å². The van der Waals surface area contributed by atoms with Crippen molar-refractivity contribution in [3.8, 4) is 0 Å². The molecule has 3 rings (SSSR count). The molecular weight excluding hydrogens is 278 g/mol. The summed E-state index contributed by atoms with van der Waals surface area (Å²) in [6.07, 6.45) is 5.68. The third-order valence-corrected chi connectivity index (χ3v) is 4.54. The molecule has 0 saturated heterocycles. The molecule has 0 amide bonds. The molecule has 1 aliphatic rings. The second-order valence-electron chi connectivity index (χ2n) is 6.58. The van der Waals surface area contributed by atoms with Gasteiger partial charge in [0.25, 0.3) is 0 Å². The number of aliphatic hydroxyl groups excluding tert-OH is 1. The smallest absolute Gasteiger partial charge is 0.224 e. The highest BCUT2D eigenvalue weighted by atomic mass is 16.3. The van der Waals surface area contributed by atoms with Crippen molar-refractivity contribution in [2.24, 2.45) is 5.92 Å². The molecule has 6 heteroatoms. The second kappa shape index (κ2) is 6.20. The van der Waals surface area contributed by atoms with Crippen molar-refractivity contribution in [1.82, 2.24) is 19.7 Å². The average Bonchev–Trinajstić information content (AvgIpc) is 2.87. The summed E-state index contributed by atoms with van der Waals surface area (Å²) in [5.74, 6) is 1.54. The van der Waals surface area contributed by atoms with E-state index in [1.54, 1.807) is 0 Å². The second-order valence-corrected chi connectivity index (χ2v) is 6.58. The number of aromatic nitrogens is 4. The molecule has 2 N–H and O–H groups in total. The fraction of sp³-hybridized carbons (Fsp3) is 0.688. The van der Waals surface area contributed by atoms with Crippen molar-refractivity contribution in [2.75, 3.05) is 12.4 Å². The monoisotopic (exact) mass is 303 g/mol. The van der Waals surface area contributed by atoms with Gasteiger partial charge < -0.3 is 10.4 Å². The molecule has 0 atom stereocenters. The normalized spacial score (nSPS) is 22.4. The summed E-state index contributed by atoms with van der Waals surface area (Å²) in [4.78, 5) is 8.94. The third-order valence-electron chi connectivity index (χ3n) is 4.54. The van der Waals surface area contributed by atoms with Crippen LogP contribution in [0.1, 0.15) is 51.1 Å². The minimum absolute atomic E-state index is 0.116. The van der Waals surface area contributed by atoms with E-state index in [-0.39, 0.29) is 6.10 Å². The Morgan fingerprint density at radius 3 is 2.68 bits per heavy atom. The van der Waals surface area contributed by atoms with Crippen LogP contribution in [0, 0.1) is 5.92 Å². The number of rotatable bonds is 4. The molecule has 0 aliphatic heterocycles. The van der Waals surface area contributed by atoms with E-state index >= 15 is 0 Å². The molecule has 22 heavy (non-hydrogen) atoms. The maximum Gasteiger partial charge on any atom is 0.224 e. The van der Waals surface area contributed by atoms with Gasteiger partial charge in [0, 0.05) is 19.8 Å². The number of fused-ring (bicyclic) bond motifs is 1. The van der Waals surface area contributed by atoms with Crippen molar-refractivity contribution in [3.05, 3.63) is 11.9 Å². The van der Waals surface area contributed by atoms with Gasteiger partial charge in [-0.1, -0.05) is 13.8 Å². The predicted molar refractivity (Wildman–Crippen MR) is 86.9 cm³/mol. The highest BCUT2D eigenvalue weighted by molar-refractivity contribution is 5.79. The Bertz CT molecular complexity index is 643. The van der Waals surface area contributed by atoms with Crippen LogP contribution in [0.4, 0.5) is 5.95 Å². The quantitative estimate of drug-likeness (QED) is 0.908. The topological polar surface area (TPSA) is 75.9 Å². The molecule has 0 spiro atoms. The molecule has 2 heterocycles. The predicted octanol–water partition coefficient (Wildman–Crippen LogP) is 2.54. The standard InChI is InChI=1S/C16H25N5O/c1-10(2)14-13-8-18-16(17-3)19-15(13)21(20-14)9-11-4-6-12(22)7-5-11/h8,10-12,22H,4-7,9H2,1-3H3,(H,17,18,19)/t11-,12+. The Labute approximate surface area is 131 Å². The van der Waals surface area contributed by atoms with Crippen LogP contribution >= 0.6 is 0 Å². The maximum absolute atomic E-state index is 9.66. The van der Waals surface area contributed by atoms with Crippen LogP contribution < -0.4 is 5.32 Å². The highest BCUT2D eigenvalue weighted by Gasteiger charge is 2.22. The molecule has 0 aromatic carbocycles. The largest absolute Gasteiger partial charge is 0.393 e. The summed E-state index contributed by atoms with van der Waals surface area (Å²) >= 11 is 0. The van der Waals surface area contributed by atoms with Crippen molar-refractivity contribution in [2.45, 2.75) is 58.1 Å². The van der Waals surface area contributed by atoms with Crippen molar-refractivity contribution in [1.29, 1.82) is 0 Å². The fourth-order valence-electron chi connectivity index (χ4n) is 3.23. The third kappa shape index (κ3) is 2.92. The molecule has 0 unspecified atom stereocenters. The van der Waals surface area contributed by atoms with Gasteiger partial charge >= 0.3 is 0 Å². The molecule has 120 valence electrons. The molecule has 1 fully saturated rings. The zero-order valence-corrected chi connectivity index (χ0v) is 13.6. The van der Waals surface area contributed by atoms with Gasteiger partial charge in [-0.2, -0.15) is 10.1 Å². The molecule has 0 radical (unpaired) electrons. The zero-order valence-electron chi connectivity index (χ0n) is 13.6. The number of aliphatic hydroxyl groups is 1. The van der Waals surface area contributed by atoms with Gasteiger partial charge in [0.05, 0.1) is 17.2 Å². The summed E-state index contributed by atoms with van der Waals surface area (Å²) in [5, 5.41) is 18.5. The molecule has 0 bridgehead atoms. The lowest BCUT2D eigenvalue weighted by molar-refractivity contribution is 0.103. The highest BCUT2D eigenvalue weighted by Crippen LogP contribution is 2.29. The Balaban J connectivity index is 1.93. The number of hydrogen-bond donors (Lipinski definition) is 2. The van der Waals surface area contributed by atoms with Gasteiger partial charge in [0.2, 0.25) is 5.95 Å². The molecule has 2 aromatic rings. The number of nitrogens with zero attached hydrogens (tertiary/aromatic N) is 4. The van der Waals surface area contributed by atoms with Crippen LogP contribution in [0.25, 0.3) is 11.0 Å². The summed E-state index contributed by atoms with van der Waals surface area (Å²) in [7, 11) is 1.83. The van der Waals surface area contributed by atoms with Gasteiger partial charge in [0.15, 0.2) is 5.65 Å². The van der Waals surface area contributed by atoms with Gasteiger partial charge in [-0.25, -0.2) is 9.67 Å². The first-order valence-corrected chi connectivity index (χ1v) is 8.17. The van der Waals surface area contributed by atoms with Gasteiger partial charge in [-0.05, 0) is 37.5 Å². The van der Waals surface area contributed by atoms with Crippen LogP contribution in [0.15, 0.2) is 6.20 Å². The summed E-state index contributed by atoms with van der Waals surface area (Å²) in [5.41, 5.74) is 1.97. The first kappa shape index (κ1) is 15.2. The Morgan fingerprint density at radius 2 is 2.05 bits per heavy atom. The van der Waals surface area contributed by atoms with Crippen LogP contribution in [-0.2, 0) is 6.54 Å². The first-order chi connectivity index (χ1) is 10.6. The summed E-state index contributed by atoms with van der Waals surface area (Å²) < 4.78 is 2.04. The van der Waals surface area contributed by atoms with Crippen molar-refractivity contribution in [3.63, 3.8) is 0 Å². The molecule has 1 saturated carbocycles. The Kier molecular flexibility index (Phi) is 4.29. The van der Waals surface area contributed by atoms with Gasteiger partial charge in [0.1, 0.15) is 0 Å². The van der Waals surface area contributed by atoms with Gasteiger partial charge in [-0.3, -0.25) is 0 Å². The van der Waals surface area contributed by atoms with Crippen molar-refractivity contribution >= 4 is 17.0 Å². The summed E-state index contributed by atoms with van der Waals surface area (Å²) in [6.45, 7) is 5.17. The van der Waals surface area contributed by atoms with Gasteiger partial charge in [-0.15, -0.1) is 0 Å². The number of anilines is 1. The van der Waals surface area contributed by atoms with E-state index in [1.807, 2.05) is 17.9 Å². The first-order valence-electron chi connectivity index (χ1n) is 8.17. The van der Waals surface area contributed by atoms with Crippen LogP contribution in [-0.4, -0.2) is 38.0 Å². The fourth-order valence-corrected chi connectivity index (χ4v) is 3.23. The maximum atomic E-state index is 9.66. The van der Waals surface area contributed by atoms with E-state index in [4.69, 9.17) is 5.10 Å². The van der Waals surface area contributed by atoms with Crippen LogP contribution in [0.3, 0.4) is 0 Å². The molecule has 2 aromatic heterocycles. The minimum atomic E-state index is -0.116. The zero-order chi connectivity index (χ0) is 15.7. The molecular formula is C16H25N5O. The van der Waals surface area contributed by atoms with E-state index in [0.29, 0.717) is 17.8 Å². The molecule has 6 nitrogen and oxygen atoms in total. The van der Waals surface area contributed by atoms with Crippen LogP contribution in [0.5, 0.6) is 0 Å². The average molecular weight is 303 g/mol. The lowest BCUT2D eigenvalue weighted by Gasteiger charge is -2.25. The lowest BCUT2D eigenvalue weighted by Crippen LogP contribution is -2.22. The Morgan fingerprint density at radius 1 is 1.32 bits per heavy atom. The Hall–Kier alpha value is -1.69. The van der Waals surface area contributed by atoms with E-state index in [2.05, 4.69) is 29.1 Å². The SMILES string of the molecule is CNc1ncc2c(C(C)C)nn(C[C@H]3CC[C@@H](O)CC3)c2n1. The number of nitrogens with one attached hydrogen (secondary N) is 1. The van der Waals surface area contributed by atoms with E-state index in [1.165, 1.54) is 0 Å². The lowest BCUT2D eigenvalue weighted by atomic mass is 9.87. The van der Waals surface area contributed by atoms with E-state index in [0.717, 1.165) is 49.0 Å². The van der Waals surface area contributed by atoms with E-state index < -0.39 is 0 Å².